The van der Waals surface area contributed by atoms with E-state index in [4.69, 9.17) is 4.99 Å². The van der Waals surface area contributed by atoms with Crippen LogP contribution in [0.15, 0.2) is 132 Å². The summed E-state index contributed by atoms with van der Waals surface area (Å²) < 4.78 is 0. The number of aliphatic hydroxyl groups excluding tert-OH is 1. The van der Waals surface area contributed by atoms with Crippen molar-refractivity contribution in [2.24, 2.45) is 4.99 Å². The van der Waals surface area contributed by atoms with Gasteiger partial charge in [-0.1, -0.05) is 111 Å². The number of allylic oxidation sites excluding steroid dienone is 2. The zero-order valence-electron chi connectivity index (χ0n) is 30.1. The summed E-state index contributed by atoms with van der Waals surface area (Å²) in [6, 6.07) is 41.7. The van der Waals surface area contributed by atoms with Crippen LogP contribution < -0.4 is 25.7 Å². The molecule has 3 aliphatic rings. The summed E-state index contributed by atoms with van der Waals surface area (Å²) >= 11 is 0. The van der Waals surface area contributed by atoms with Crippen molar-refractivity contribution in [3.63, 3.8) is 0 Å². The first-order chi connectivity index (χ1) is 25.3. The summed E-state index contributed by atoms with van der Waals surface area (Å²) in [7, 11) is 4.35. The number of hydrogen-bond acceptors (Lipinski definition) is 6. The first-order valence-corrected chi connectivity index (χ1v) is 18.3. The Hall–Kier alpha value is -5.88. The maximum absolute atomic E-state index is 14.3. The fraction of sp³-hybridized carbons (Fsp3) is 0.217. The van der Waals surface area contributed by atoms with Crippen LogP contribution in [-0.2, 0) is 17.6 Å². The molecule has 1 aliphatic carbocycles. The molecule has 0 saturated carbocycles. The van der Waals surface area contributed by atoms with Gasteiger partial charge in [0.15, 0.2) is 0 Å². The molecule has 0 bridgehead atoms. The number of benzene rings is 6. The Kier molecular flexibility index (Phi) is 7.30. The quantitative estimate of drug-likeness (QED) is 0.177. The molecule has 0 radical (unpaired) electrons. The lowest BCUT2D eigenvalue weighted by molar-refractivity contribution is -0.109. The van der Waals surface area contributed by atoms with Crippen molar-refractivity contribution >= 4 is 55.5 Å². The van der Waals surface area contributed by atoms with Gasteiger partial charge in [0.05, 0.1) is 16.5 Å². The Bertz CT molecular complexity index is 2580. The summed E-state index contributed by atoms with van der Waals surface area (Å²) in [4.78, 5) is 24.4. The highest BCUT2D eigenvalue weighted by Gasteiger charge is 2.44. The van der Waals surface area contributed by atoms with Crippen molar-refractivity contribution < 1.29 is 9.90 Å². The summed E-state index contributed by atoms with van der Waals surface area (Å²) in [5, 5.41) is 21.1. The average Bonchev–Trinajstić information content (AvgIpc) is 3.18. The SMILES string of the molecule is CCC1(Cc2ccccc2)N=c2cc/c(=C3\C(=O)C(c4ccc5c6c(cccc46)N(C)C(CC)(Cc4ccccc4)N5C)=C3O)c3cccc(c23)N1. The molecule has 0 saturated heterocycles. The van der Waals surface area contributed by atoms with Gasteiger partial charge in [-0.05, 0) is 69.8 Å². The van der Waals surface area contributed by atoms with E-state index in [1.165, 1.54) is 11.1 Å². The summed E-state index contributed by atoms with van der Waals surface area (Å²) in [6.45, 7) is 4.41. The number of carbonyl (C=O) groups is 1. The van der Waals surface area contributed by atoms with E-state index in [1.807, 2.05) is 36.4 Å². The van der Waals surface area contributed by atoms with E-state index < -0.39 is 5.66 Å². The van der Waals surface area contributed by atoms with Gasteiger partial charge in [-0.2, -0.15) is 0 Å². The minimum absolute atomic E-state index is 0.0450. The fourth-order valence-corrected chi connectivity index (χ4v) is 9.10. The molecule has 258 valence electrons. The monoisotopic (exact) mass is 682 g/mol. The number of nitrogens with one attached hydrogen (secondary N) is 1. The Morgan fingerprint density at radius 1 is 0.654 bits per heavy atom. The third kappa shape index (κ3) is 4.56. The number of aliphatic hydroxyl groups is 1. The van der Waals surface area contributed by atoms with Gasteiger partial charge in [0.2, 0.25) is 5.78 Å². The molecule has 6 aromatic rings. The van der Waals surface area contributed by atoms with Crippen LogP contribution >= 0.6 is 0 Å². The van der Waals surface area contributed by atoms with Crippen LogP contribution in [0.1, 0.15) is 43.4 Å². The van der Waals surface area contributed by atoms with E-state index in [0.717, 1.165) is 80.4 Å². The van der Waals surface area contributed by atoms with E-state index in [0.29, 0.717) is 11.1 Å². The normalized spacial score (nSPS) is 21.7. The van der Waals surface area contributed by atoms with Crippen LogP contribution in [0.2, 0.25) is 0 Å². The summed E-state index contributed by atoms with van der Waals surface area (Å²) in [5.41, 5.74) is 6.48. The van der Waals surface area contributed by atoms with E-state index in [9.17, 15) is 9.90 Å². The van der Waals surface area contributed by atoms with Crippen LogP contribution in [-0.4, -0.2) is 36.3 Å². The van der Waals surface area contributed by atoms with Gasteiger partial charge in [0.1, 0.15) is 17.1 Å². The molecule has 52 heavy (non-hydrogen) atoms. The third-order valence-corrected chi connectivity index (χ3v) is 12.0. The van der Waals surface area contributed by atoms with Crippen molar-refractivity contribution in [3.8, 4) is 0 Å². The average molecular weight is 683 g/mol. The lowest BCUT2D eigenvalue weighted by Crippen LogP contribution is -2.61. The van der Waals surface area contributed by atoms with Gasteiger partial charge in [-0.25, -0.2) is 0 Å². The first-order valence-electron chi connectivity index (χ1n) is 18.3. The van der Waals surface area contributed by atoms with Gasteiger partial charge in [0.25, 0.3) is 0 Å². The maximum atomic E-state index is 14.3. The van der Waals surface area contributed by atoms with Crippen molar-refractivity contribution in [2.45, 2.75) is 50.9 Å². The lowest BCUT2D eigenvalue weighted by Gasteiger charge is -2.54. The fourth-order valence-electron chi connectivity index (χ4n) is 9.10. The predicted octanol–water partition coefficient (Wildman–Crippen LogP) is 8.32. The number of carbonyl (C=O) groups excluding carboxylic acids is 1. The molecule has 6 heteroatoms. The van der Waals surface area contributed by atoms with Crippen molar-refractivity contribution in [1.29, 1.82) is 0 Å². The van der Waals surface area contributed by atoms with Crippen molar-refractivity contribution in [1.82, 2.24) is 0 Å². The molecule has 6 nitrogen and oxygen atoms in total. The molecule has 0 spiro atoms. The van der Waals surface area contributed by atoms with Gasteiger partial charge < -0.3 is 20.2 Å². The molecule has 6 aromatic carbocycles. The van der Waals surface area contributed by atoms with Gasteiger partial charge in [-0.3, -0.25) is 9.79 Å². The molecule has 0 fully saturated rings. The standard InChI is InChI=1S/C46H42N4O2/c1-5-45(27-29-15-9-7-10-16-29)47-35-21-13-19-31-33(23-25-36(48-45)39(31)35)41-43(51)42(44(41)52)34-24-26-38-40-32(34)20-14-22-37(40)49(3)46(6-2,50(38)4)28-30-17-11-8-12-18-30/h7-26,47,51H,5-6,27-28H2,1-4H3/b41-33+. The van der Waals surface area contributed by atoms with Crippen molar-refractivity contribution in [3.05, 3.63) is 154 Å². The van der Waals surface area contributed by atoms with Gasteiger partial charge in [0, 0.05) is 54.8 Å². The van der Waals surface area contributed by atoms with Crippen LogP contribution in [0.25, 0.3) is 32.7 Å². The third-order valence-electron chi connectivity index (χ3n) is 12.0. The number of nitrogens with zero attached hydrogens (tertiary/aromatic N) is 3. The van der Waals surface area contributed by atoms with E-state index in [-0.39, 0.29) is 17.2 Å². The minimum atomic E-state index is -0.478. The Morgan fingerprint density at radius 3 is 1.98 bits per heavy atom. The molecule has 2 atom stereocenters. The number of likely N-dealkylation sites (N-methyl/N-ethyl adjacent to an activating group) is 2. The van der Waals surface area contributed by atoms with Crippen LogP contribution in [0.4, 0.5) is 17.1 Å². The van der Waals surface area contributed by atoms with E-state index >= 15 is 0 Å². The number of ketones is 1. The molecule has 0 aromatic heterocycles. The molecule has 9 rings (SSSR count). The van der Waals surface area contributed by atoms with E-state index in [2.05, 4.69) is 128 Å². The van der Waals surface area contributed by atoms with Gasteiger partial charge >= 0.3 is 0 Å². The number of anilines is 3. The van der Waals surface area contributed by atoms with Crippen LogP contribution in [0.3, 0.4) is 0 Å². The highest BCUT2D eigenvalue weighted by atomic mass is 16.3. The topological polar surface area (TPSA) is 68.2 Å². The molecule has 2 aliphatic heterocycles. The van der Waals surface area contributed by atoms with Crippen LogP contribution in [0.5, 0.6) is 0 Å². The maximum Gasteiger partial charge on any atom is 0.201 e. The molecule has 2 heterocycles. The first kappa shape index (κ1) is 32.1. The molecule has 2 unspecified atom stereocenters. The van der Waals surface area contributed by atoms with Gasteiger partial charge in [-0.15, -0.1) is 0 Å². The van der Waals surface area contributed by atoms with Crippen molar-refractivity contribution in [2.75, 3.05) is 29.2 Å². The summed E-state index contributed by atoms with van der Waals surface area (Å²) in [5.74, 6) is -0.0975. The second kappa shape index (κ2) is 11.8. The Labute approximate surface area is 304 Å². The summed E-state index contributed by atoms with van der Waals surface area (Å²) in [6.07, 6.45) is 3.35. The molecule has 0 amide bonds. The lowest BCUT2D eigenvalue weighted by atomic mass is 9.79. The van der Waals surface area contributed by atoms with Crippen LogP contribution in [0, 0.1) is 0 Å². The largest absolute Gasteiger partial charge is 0.506 e. The zero-order valence-corrected chi connectivity index (χ0v) is 30.1. The smallest absolute Gasteiger partial charge is 0.201 e. The number of rotatable bonds is 7. The second-order valence-electron chi connectivity index (χ2n) is 14.5. The molecule has 2 N–H and O–H groups in total. The molecular formula is C46H42N4O2. The minimum Gasteiger partial charge on any atom is -0.506 e. The van der Waals surface area contributed by atoms with E-state index in [1.54, 1.807) is 0 Å². The second-order valence-corrected chi connectivity index (χ2v) is 14.5. The number of hydrogen-bond donors (Lipinski definition) is 2. The number of Topliss-reactive ketones (excluding diaryl/α,β-unsaturated/α-hetero) is 1. The highest BCUT2D eigenvalue weighted by Crippen LogP contribution is 2.50. The Balaban J connectivity index is 1.16. The Morgan fingerprint density at radius 2 is 1.31 bits per heavy atom. The highest BCUT2D eigenvalue weighted by molar-refractivity contribution is 6.53. The predicted molar refractivity (Wildman–Crippen MR) is 213 cm³/mol. The zero-order chi connectivity index (χ0) is 35.8. The molecular weight excluding hydrogens is 641 g/mol.